The summed E-state index contributed by atoms with van der Waals surface area (Å²) in [6.07, 6.45) is 6.78. The van der Waals surface area contributed by atoms with Crippen molar-refractivity contribution in [3.63, 3.8) is 0 Å². The van der Waals surface area contributed by atoms with Crippen LogP contribution in [0.2, 0.25) is 0 Å². The molecule has 1 aliphatic carbocycles. The number of hydrogen-bond donors (Lipinski definition) is 0. The van der Waals surface area contributed by atoms with Crippen LogP contribution in [0.15, 0.2) is 49.1 Å². The summed E-state index contributed by atoms with van der Waals surface area (Å²) in [6.45, 7) is 3.82. The normalized spacial score (nSPS) is 20.4. The van der Waals surface area contributed by atoms with Crippen molar-refractivity contribution in [1.29, 1.82) is 0 Å². The van der Waals surface area contributed by atoms with Gasteiger partial charge < -0.3 is 4.74 Å². The molecule has 0 aliphatic heterocycles. The van der Waals surface area contributed by atoms with Gasteiger partial charge in [0.2, 0.25) is 0 Å². The first-order chi connectivity index (χ1) is 12.1. The number of hydrogen-bond acceptors (Lipinski definition) is 1. The fourth-order valence-electron chi connectivity index (χ4n) is 3.69. The molecular formula is C22H24F2O. The minimum absolute atomic E-state index is 0.0261. The first kappa shape index (κ1) is 17.8. The Hall–Kier alpha value is -2.00. The van der Waals surface area contributed by atoms with Gasteiger partial charge in [0.1, 0.15) is 11.6 Å². The van der Waals surface area contributed by atoms with E-state index in [1.165, 1.54) is 50.5 Å². The number of allylic oxidation sites excluding steroid dienone is 1. The molecule has 1 saturated carbocycles. The van der Waals surface area contributed by atoms with Crippen LogP contribution in [0.25, 0.3) is 11.1 Å². The van der Waals surface area contributed by atoms with Gasteiger partial charge in [-0.1, -0.05) is 30.3 Å². The number of benzene rings is 2. The van der Waals surface area contributed by atoms with Gasteiger partial charge in [0.05, 0.1) is 6.61 Å². The summed E-state index contributed by atoms with van der Waals surface area (Å²) in [5.74, 6) is 0.0854. The third-order valence-electron chi connectivity index (χ3n) is 5.25. The fourth-order valence-corrected chi connectivity index (χ4v) is 3.69. The largest absolute Gasteiger partial charge is 0.380 e. The summed E-state index contributed by atoms with van der Waals surface area (Å²) in [6, 6.07) is 10.8. The van der Waals surface area contributed by atoms with E-state index in [1.54, 1.807) is 0 Å². The van der Waals surface area contributed by atoms with Gasteiger partial charge in [0.25, 0.3) is 0 Å². The molecule has 0 heterocycles. The molecule has 1 nitrogen and oxygen atoms in total. The molecule has 0 spiro atoms. The van der Waals surface area contributed by atoms with E-state index in [0.717, 1.165) is 5.56 Å². The maximum atomic E-state index is 14.1. The predicted octanol–water partition coefficient (Wildman–Crippen LogP) is 6.24. The molecule has 0 atom stereocenters. The lowest BCUT2D eigenvalue weighted by atomic mass is 9.78. The summed E-state index contributed by atoms with van der Waals surface area (Å²) < 4.78 is 33.0. The summed E-state index contributed by atoms with van der Waals surface area (Å²) in [5, 5.41) is 0. The Morgan fingerprint density at radius 3 is 2.12 bits per heavy atom. The molecule has 0 bridgehead atoms. The SMILES string of the molecule is C=CC1CCC(c2ccc(-c3cc(F)c(COC)c(F)c3)cc2)CC1. The Morgan fingerprint density at radius 1 is 1.00 bits per heavy atom. The second-order valence-electron chi connectivity index (χ2n) is 6.82. The molecule has 2 aromatic carbocycles. The first-order valence-corrected chi connectivity index (χ1v) is 8.82. The molecule has 0 unspecified atom stereocenters. The van der Waals surface area contributed by atoms with Crippen molar-refractivity contribution in [2.75, 3.05) is 7.11 Å². The highest BCUT2D eigenvalue weighted by Gasteiger charge is 2.20. The zero-order valence-corrected chi connectivity index (χ0v) is 14.6. The second-order valence-corrected chi connectivity index (χ2v) is 6.82. The van der Waals surface area contributed by atoms with Crippen LogP contribution in [0.3, 0.4) is 0 Å². The van der Waals surface area contributed by atoms with E-state index in [9.17, 15) is 8.78 Å². The van der Waals surface area contributed by atoms with E-state index in [2.05, 4.69) is 24.8 Å². The second kappa shape index (κ2) is 7.92. The smallest absolute Gasteiger partial charge is 0.132 e. The van der Waals surface area contributed by atoms with Crippen LogP contribution in [-0.4, -0.2) is 7.11 Å². The Labute approximate surface area is 148 Å². The van der Waals surface area contributed by atoms with E-state index in [-0.39, 0.29) is 12.2 Å². The van der Waals surface area contributed by atoms with Crippen molar-refractivity contribution in [1.82, 2.24) is 0 Å². The minimum Gasteiger partial charge on any atom is -0.380 e. The zero-order valence-electron chi connectivity index (χ0n) is 14.6. The van der Waals surface area contributed by atoms with Crippen LogP contribution >= 0.6 is 0 Å². The highest BCUT2D eigenvalue weighted by molar-refractivity contribution is 5.64. The summed E-state index contributed by atoms with van der Waals surface area (Å²) >= 11 is 0. The molecule has 0 aromatic heterocycles. The molecule has 1 fully saturated rings. The standard InChI is InChI=1S/C22H24F2O/c1-3-15-4-6-16(7-5-15)17-8-10-18(11-9-17)19-12-21(23)20(14-25-2)22(24)13-19/h3,8-13,15-16H,1,4-7,14H2,2H3. The fraction of sp³-hybridized carbons (Fsp3) is 0.364. The lowest BCUT2D eigenvalue weighted by Crippen LogP contribution is -2.11. The van der Waals surface area contributed by atoms with Gasteiger partial charge in [-0.15, -0.1) is 6.58 Å². The molecule has 0 N–H and O–H groups in total. The average molecular weight is 342 g/mol. The van der Waals surface area contributed by atoms with Crippen molar-refractivity contribution in [2.45, 2.75) is 38.2 Å². The number of rotatable bonds is 5. The maximum Gasteiger partial charge on any atom is 0.132 e. The molecule has 3 heteroatoms. The van der Waals surface area contributed by atoms with Crippen LogP contribution in [0.4, 0.5) is 8.78 Å². The van der Waals surface area contributed by atoms with Gasteiger partial charge >= 0.3 is 0 Å². The molecule has 1 aliphatic rings. The van der Waals surface area contributed by atoms with E-state index in [0.29, 0.717) is 17.4 Å². The van der Waals surface area contributed by atoms with Gasteiger partial charge in [-0.05, 0) is 66.3 Å². The summed E-state index contributed by atoms with van der Waals surface area (Å²) in [4.78, 5) is 0. The minimum atomic E-state index is -0.566. The first-order valence-electron chi connectivity index (χ1n) is 8.82. The topological polar surface area (TPSA) is 9.23 Å². The van der Waals surface area contributed by atoms with Crippen LogP contribution in [0, 0.1) is 17.6 Å². The molecular weight excluding hydrogens is 318 g/mol. The van der Waals surface area contributed by atoms with Gasteiger partial charge in [-0.3, -0.25) is 0 Å². The molecule has 0 amide bonds. The molecule has 0 radical (unpaired) electrons. The van der Waals surface area contributed by atoms with Gasteiger partial charge in [-0.2, -0.15) is 0 Å². The molecule has 132 valence electrons. The van der Waals surface area contributed by atoms with E-state index >= 15 is 0 Å². The highest BCUT2D eigenvalue weighted by Crippen LogP contribution is 2.37. The number of ether oxygens (including phenoxy) is 1. The molecule has 2 aromatic rings. The summed E-state index contributed by atoms with van der Waals surface area (Å²) in [7, 11) is 1.42. The number of halogens is 2. The van der Waals surface area contributed by atoms with E-state index < -0.39 is 11.6 Å². The third kappa shape index (κ3) is 3.98. The van der Waals surface area contributed by atoms with Gasteiger partial charge in [0.15, 0.2) is 0 Å². The van der Waals surface area contributed by atoms with E-state index in [4.69, 9.17) is 4.74 Å². The zero-order chi connectivity index (χ0) is 17.8. The van der Waals surface area contributed by atoms with Crippen molar-refractivity contribution in [2.24, 2.45) is 5.92 Å². The van der Waals surface area contributed by atoms with Gasteiger partial charge in [0, 0.05) is 12.7 Å². The van der Waals surface area contributed by atoms with Crippen molar-refractivity contribution in [3.05, 3.63) is 71.8 Å². The lowest BCUT2D eigenvalue weighted by Gasteiger charge is -2.27. The Balaban J connectivity index is 1.78. The Morgan fingerprint density at radius 2 is 1.60 bits per heavy atom. The van der Waals surface area contributed by atoms with Crippen LogP contribution in [0.5, 0.6) is 0 Å². The number of methoxy groups -OCH3 is 1. The predicted molar refractivity (Wildman–Crippen MR) is 97.4 cm³/mol. The molecule has 25 heavy (non-hydrogen) atoms. The third-order valence-corrected chi connectivity index (χ3v) is 5.25. The Bertz CT molecular complexity index is 705. The van der Waals surface area contributed by atoms with Crippen molar-refractivity contribution < 1.29 is 13.5 Å². The lowest BCUT2D eigenvalue weighted by molar-refractivity contribution is 0.177. The van der Waals surface area contributed by atoms with Crippen molar-refractivity contribution in [3.8, 4) is 11.1 Å². The van der Waals surface area contributed by atoms with Crippen LogP contribution in [0.1, 0.15) is 42.7 Å². The highest BCUT2D eigenvalue weighted by atomic mass is 19.1. The average Bonchev–Trinajstić information content (AvgIpc) is 2.65. The van der Waals surface area contributed by atoms with E-state index in [1.807, 2.05) is 12.1 Å². The Kier molecular flexibility index (Phi) is 5.64. The summed E-state index contributed by atoms with van der Waals surface area (Å²) in [5.41, 5.74) is 2.66. The maximum absolute atomic E-state index is 14.1. The monoisotopic (exact) mass is 342 g/mol. The molecule has 3 rings (SSSR count). The van der Waals surface area contributed by atoms with Crippen LogP contribution in [-0.2, 0) is 11.3 Å². The molecule has 0 saturated heterocycles. The van der Waals surface area contributed by atoms with Gasteiger partial charge in [-0.25, -0.2) is 8.78 Å². The van der Waals surface area contributed by atoms with Crippen LogP contribution < -0.4 is 0 Å². The van der Waals surface area contributed by atoms with Crippen molar-refractivity contribution >= 4 is 0 Å². The quantitative estimate of drug-likeness (QED) is 0.585.